The molecule has 1 N–H and O–H groups in total. The van der Waals surface area contributed by atoms with E-state index in [9.17, 15) is 0 Å². The predicted octanol–water partition coefficient (Wildman–Crippen LogP) is 1.70. The molecule has 0 aliphatic carbocycles. The summed E-state index contributed by atoms with van der Waals surface area (Å²) in [5, 5.41) is 3.40. The monoisotopic (exact) mass is 253 g/mol. The first-order valence-corrected chi connectivity index (χ1v) is 6.11. The van der Waals surface area contributed by atoms with Crippen molar-refractivity contribution in [2.24, 2.45) is 0 Å². The van der Waals surface area contributed by atoms with Crippen LogP contribution in [0.4, 0.5) is 0 Å². The Hall–Kier alpha value is -1.20. The highest BCUT2D eigenvalue weighted by molar-refractivity contribution is 5.23. The number of ether oxygens (including phenoxy) is 2. The Bertz CT molecular complexity index is 375. The molecule has 0 saturated carbocycles. The highest BCUT2D eigenvalue weighted by Gasteiger charge is 2.12. The summed E-state index contributed by atoms with van der Waals surface area (Å²) in [6, 6.07) is 0. The van der Waals surface area contributed by atoms with Crippen molar-refractivity contribution in [3.63, 3.8) is 0 Å². The topological polar surface area (TPSA) is 56.3 Å². The Balaban J connectivity index is 2.70. The molecule has 0 amide bonds. The van der Waals surface area contributed by atoms with E-state index >= 15 is 0 Å². The molecular weight excluding hydrogens is 230 g/mol. The Morgan fingerprint density at radius 2 is 2.00 bits per heavy atom. The predicted molar refractivity (Wildman–Crippen MR) is 70.7 cm³/mol. The highest BCUT2D eigenvalue weighted by atomic mass is 16.5. The molecule has 0 aromatic carbocycles. The summed E-state index contributed by atoms with van der Waals surface area (Å²) in [5.74, 6) is 1.35. The minimum Gasteiger partial charge on any atom is -0.475 e. The van der Waals surface area contributed by atoms with E-state index in [2.05, 4.69) is 36.1 Å². The van der Waals surface area contributed by atoms with Crippen molar-refractivity contribution in [1.29, 1.82) is 0 Å². The van der Waals surface area contributed by atoms with E-state index in [1.54, 1.807) is 7.11 Å². The SMILES string of the molecule is COCCOc1nc(C)ncc1CNC(C)(C)C. The van der Waals surface area contributed by atoms with Gasteiger partial charge in [0.25, 0.3) is 0 Å². The van der Waals surface area contributed by atoms with Gasteiger partial charge in [0, 0.05) is 31.0 Å². The minimum absolute atomic E-state index is 0.0503. The highest BCUT2D eigenvalue weighted by Crippen LogP contribution is 2.15. The zero-order valence-electron chi connectivity index (χ0n) is 11.9. The number of hydrogen-bond acceptors (Lipinski definition) is 5. The van der Waals surface area contributed by atoms with Crippen LogP contribution in [0.5, 0.6) is 5.88 Å². The first kappa shape index (κ1) is 14.9. The van der Waals surface area contributed by atoms with Crippen LogP contribution in [-0.2, 0) is 11.3 Å². The van der Waals surface area contributed by atoms with Crippen LogP contribution < -0.4 is 10.1 Å². The molecule has 5 heteroatoms. The van der Waals surface area contributed by atoms with Crippen molar-refractivity contribution in [3.8, 4) is 5.88 Å². The van der Waals surface area contributed by atoms with Gasteiger partial charge in [-0.2, -0.15) is 4.98 Å². The van der Waals surface area contributed by atoms with Crippen molar-refractivity contribution >= 4 is 0 Å². The molecule has 0 aliphatic rings. The molecule has 18 heavy (non-hydrogen) atoms. The summed E-state index contributed by atoms with van der Waals surface area (Å²) in [7, 11) is 1.65. The number of rotatable bonds is 6. The van der Waals surface area contributed by atoms with Gasteiger partial charge >= 0.3 is 0 Å². The minimum atomic E-state index is 0.0503. The fraction of sp³-hybridized carbons (Fsp3) is 0.692. The number of aromatic nitrogens is 2. The molecule has 5 nitrogen and oxygen atoms in total. The van der Waals surface area contributed by atoms with Crippen LogP contribution in [0, 0.1) is 6.92 Å². The standard InChI is InChI=1S/C13H23N3O2/c1-10-14-8-11(9-15-13(2,3)4)12(16-10)18-7-6-17-5/h8,15H,6-7,9H2,1-5H3. The van der Waals surface area contributed by atoms with E-state index in [4.69, 9.17) is 9.47 Å². The zero-order chi connectivity index (χ0) is 13.6. The number of methoxy groups -OCH3 is 1. The van der Waals surface area contributed by atoms with Gasteiger partial charge in [0.05, 0.1) is 6.61 Å². The van der Waals surface area contributed by atoms with Gasteiger partial charge < -0.3 is 14.8 Å². The smallest absolute Gasteiger partial charge is 0.221 e. The fourth-order valence-corrected chi connectivity index (χ4v) is 1.30. The summed E-state index contributed by atoms with van der Waals surface area (Å²) in [6.07, 6.45) is 1.81. The quantitative estimate of drug-likeness (QED) is 0.782. The van der Waals surface area contributed by atoms with Gasteiger partial charge in [-0.05, 0) is 27.7 Å². The Labute approximate surface area is 109 Å². The molecule has 0 radical (unpaired) electrons. The molecule has 1 heterocycles. The lowest BCUT2D eigenvalue weighted by Crippen LogP contribution is -2.35. The number of nitrogens with one attached hydrogen (secondary N) is 1. The molecule has 0 fully saturated rings. The van der Waals surface area contributed by atoms with Crippen LogP contribution in [0.3, 0.4) is 0 Å². The van der Waals surface area contributed by atoms with Crippen LogP contribution in [-0.4, -0.2) is 35.8 Å². The van der Waals surface area contributed by atoms with E-state index < -0.39 is 0 Å². The molecule has 0 atom stereocenters. The summed E-state index contributed by atoms with van der Waals surface area (Å²) >= 11 is 0. The van der Waals surface area contributed by atoms with Crippen LogP contribution >= 0.6 is 0 Å². The molecule has 1 aromatic heterocycles. The van der Waals surface area contributed by atoms with Crippen molar-refractivity contribution in [1.82, 2.24) is 15.3 Å². The van der Waals surface area contributed by atoms with Crippen LogP contribution in [0.25, 0.3) is 0 Å². The van der Waals surface area contributed by atoms with Crippen LogP contribution in [0.2, 0.25) is 0 Å². The Morgan fingerprint density at radius 1 is 1.28 bits per heavy atom. The van der Waals surface area contributed by atoms with Gasteiger partial charge in [-0.1, -0.05) is 0 Å². The number of aryl methyl sites for hydroxylation is 1. The summed E-state index contributed by atoms with van der Waals surface area (Å²) in [4.78, 5) is 8.52. The third-order valence-electron chi connectivity index (χ3n) is 2.28. The largest absolute Gasteiger partial charge is 0.475 e. The van der Waals surface area contributed by atoms with Gasteiger partial charge in [0.1, 0.15) is 12.4 Å². The van der Waals surface area contributed by atoms with E-state index in [0.29, 0.717) is 31.5 Å². The van der Waals surface area contributed by atoms with Gasteiger partial charge in [0.15, 0.2) is 0 Å². The molecule has 102 valence electrons. The van der Waals surface area contributed by atoms with Gasteiger partial charge in [-0.25, -0.2) is 4.98 Å². The third kappa shape index (κ3) is 5.42. The summed E-state index contributed by atoms with van der Waals surface area (Å²) < 4.78 is 10.6. The first-order chi connectivity index (χ1) is 8.42. The van der Waals surface area contributed by atoms with Gasteiger partial charge in [0.2, 0.25) is 5.88 Å². The zero-order valence-corrected chi connectivity index (χ0v) is 11.9. The number of hydrogen-bond donors (Lipinski definition) is 1. The third-order valence-corrected chi connectivity index (χ3v) is 2.28. The lowest BCUT2D eigenvalue weighted by molar-refractivity contribution is 0.142. The second-order valence-corrected chi connectivity index (χ2v) is 5.19. The van der Waals surface area contributed by atoms with Crippen molar-refractivity contribution < 1.29 is 9.47 Å². The van der Waals surface area contributed by atoms with E-state index in [1.807, 2.05) is 13.1 Å². The Kier molecular flexibility index (Phi) is 5.50. The average Bonchev–Trinajstić information content (AvgIpc) is 2.27. The van der Waals surface area contributed by atoms with Crippen molar-refractivity contribution in [2.45, 2.75) is 39.8 Å². The van der Waals surface area contributed by atoms with E-state index in [0.717, 1.165) is 5.56 Å². The summed E-state index contributed by atoms with van der Waals surface area (Å²) in [6.45, 7) is 9.94. The van der Waals surface area contributed by atoms with E-state index in [1.165, 1.54) is 0 Å². The van der Waals surface area contributed by atoms with Gasteiger partial charge in [-0.15, -0.1) is 0 Å². The summed E-state index contributed by atoms with van der Waals surface area (Å²) in [5.41, 5.74) is 1.01. The molecule has 1 rings (SSSR count). The fourth-order valence-electron chi connectivity index (χ4n) is 1.30. The Morgan fingerprint density at radius 3 is 2.61 bits per heavy atom. The van der Waals surface area contributed by atoms with Crippen LogP contribution in [0.15, 0.2) is 6.20 Å². The van der Waals surface area contributed by atoms with Crippen molar-refractivity contribution in [3.05, 3.63) is 17.6 Å². The lowest BCUT2D eigenvalue weighted by atomic mass is 10.1. The second-order valence-electron chi connectivity index (χ2n) is 5.19. The maximum atomic E-state index is 5.61. The van der Waals surface area contributed by atoms with Crippen molar-refractivity contribution in [2.75, 3.05) is 20.3 Å². The van der Waals surface area contributed by atoms with Crippen LogP contribution in [0.1, 0.15) is 32.2 Å². The molecule has 0 unspecified atom stereocenters. The van der Waals surface area contributed by atoms with Gasteiger partial charge in [-0.3, -0.25) is 0 Å². The maximum Gasteiger partial charge on any atom is 0.221 e. The molecular formula is C13H23N3O2. The average molecular weight is 253 g/mol. The first-order valence-electron chi connectivity index (χ1n) is 6.11. The maximum absolute atomic E-state index is 5.61. The van der Waals surface area contributed by atoms with E-state index in [-0.39, 0.29) is 5.54 Å². The lowest BCUT2D eigenvalue weighted by Gasteiger charge is -2.21. The molecule has 0 saturated heterocycles. The number of nitrogens with zero attached hydrogens (tertiary/aromatic N) is 2. The normalized spacial score (nSPS) is 11.6. The molecule has 1 aromatic rings. The molecule has 0 bridgehead atoms. The molecule has 0 spiro atoms. The molecule has 0 aliphatic heterocycles. The second kappa shape index (κ2) is 6.66.